The Labute approximate surface area is 187 Å². The Hall–Kier alpha value is -3.67. The van der Waals surface area contributed by atoms with Crippen LogP contribution in [0.25, 0.3) is 10.9 Å². The number of carboxylic acid groups (broad SMARTS) is 1. The van der Waals surface area contributed by atoms with Gasteiger partial charge in [0, 0.05) is 43.4 Å². The fraction of sp³-hybridized carbons (Fsp3) is 0.318. The van der Waals surface area contributed by atoms with E-state index in [1.807, 2.05) is 0 Å². The number of benzene rings is 2. The standard InChI is InChI=1S/C22H22N2O9/c1-22(20(30-2)31-3)19(25)18(14-11-13(24(28)29)8-9-16(14)33-22)23-15-7-5-4-6-12(15)10-17(23)32-21(26)27/h4-11,18-20,25H,1-3H3,(H,26,27)/t18-,19+,22+/m1/s1. The van der Waals surface area contributed by atoms with Crippen LogP contribution in [0.5, 0.6) is 11.6 Å². The number of fused-ring (bicyclic) bond motifs is 2. The number of nitrogens with zero attached hydrogens (tertiary/aromatic N) is 2. The van der Waals surface area contributed by atoms with Gasteiger partial charge in [-0.25, -0.2) is 4.79 Å². The molecule has 1 aliphatic rings. The van der Waals surface area contributed by atoms with Crippen molar-refractivity contribution in [1.29, 1.82) is 0 Å². The highest BCUT2D eigenvalue weighted by molar-refractivity contribution is 5.83. The van der Waals surface area contributed by atoms with E-state index in [-0.39, 0.29) is 22.9 Å². The molecule has 0 unspecified atom stereocenters. The van der Waals surface area contributed by atoms with Gasteiger partial charge in [0.2, 0.25) is 5.88 Å². The average Bonchev–Trinajstić information content (AvgIpc) is 3.12. The molecule has 2 aromatic carbocycles. The van der Waals surface area contributed by atoms with E-state index >= 15 is 0 Å². The van der Waals surface area contributed by atoms with Crippen LogP contribution in [-0.4, -0.2) is 58.1 Å². The lowest BCUT2D eigenvalue weighted by molar-refractivity contribution is -0.385. The molecule has 2 N–H and O–H groups in total. The molecule has 11 heteroatoms. The number of ether oxygens (including phenoxy) is 4. The van der Waals surface area contributed by atoms with E-state index in [1.165, 1.54) is 43.1 Å². The number of hydrogen-bond donors (Lipinski definition) is 2. The second kappa shape index (κ2) is 8.35. The van der Waals surface area contributed by atoms with Crippen molar-refractivity contribution in [2.45, 2.75) is 31.0 Å². The van der Waals surface area contributed by atoms with Crippen LogP contribution in [-0.2, 0) is 9.47 Å². The fourth-order valence-corrected chi connectivity index (χ4v) is 4.39. The summed E-state index contributed by atoms with van der Waals surface area (Å²) in [5.41, 5.74) is -0.864. The summed E-state index contributed by atoms with van der Waals surface area (Å²) in [7, 11) is 2.78. The molecular weight excluding hydrogens is 436 g/mol. The van der Waals surface area contributed by atoms with Crippen molar-refractivity contribution in [3.05, 3.63) is 64.2 Å². The summed E-state index contributed by atoms with van der Waals surface area (Å²) >= 11 is 0. The quantitative estimate of drug-likeness (QED) is 0.246. The molecule has 4 rings (SSSR count). The van der Waals surface area contributed by atoms with Crippen LogP contribution in [0.4, 0.5) is 10.5 Å². The predicted octanol–water partition coefficient (Wildman–Crippen LogP) is 3.33. The zero-order chi connectivity index (χ0) is 23.9. The Morgan fingerprint density at radius 2 is 1.91 bits per heavy atom. The lowest BCUT2D eigenvalue weighted by Crippen LogP contribution is -2.60. The number of aromatic nitrogens is 1. The molecule has 0 fully saturated rings. The molecule has 11 nitrogen and oxygen atoms in total. The molecule has 0 bridgehead atoms. The van der Waals surface area contributed by atoms with Crippen molar-refractivity contribution in [2.75, 3.05) is 14.2 Å². The summed E-state index contributed by atoms with van der Waals surface area (Å²) in [6, 6.07) is 11.5. The van der Waals surface area contributed by atoms with Gasteiger partial charge in [0.1, 0.15) is 11.9 Å². The van der Waals surface area contributed by atoms with Gasteiger partial charge in [-0.2, -0.15) is 0 Å². The molecule has 0 radical (unpaired) electrons. The molecule has 0 aliphatic carbocycles. The smallest absolute Gasteiger partial charge is 0.479 e. The van der Waals surface area contributed by atoms with Crippen molar-refractivity contribution < 1.29 is 38.9 Å². The van der Waals surface area contributed by atoms with E-state index in [0.29, 0.717) is 10.9 Å². The number of nitro benzene ring substituents is 1. The van der Waals surface area contributed by atoms with E-state index in [0.717, 1.165) is 0 Å². The van der Waals surface area contributed by atoms with Crippen LogP contribution in [0.2, 0.25) is 0 Å². The molecule has 0 amide bonds. The monoisotopic (exact) mass is 458 g/mol. The number of hydrogen-bond acceptors (Lipinski definition) is 8. The molecular formula is C22H22N2O9. The first-order valence-electron chi connectivity index (χ1n) is 9.93. The molecule has 1 aliphatic heterocycles. The Morgan fingerprint density at radius 1 is 1.21 bits per heavy atom. The van der Waals surface area contributed by atoms with Gasteiger partial charge < -0.3 is 33.7 Å². The third-order valence-corrected chi connectivity index (χ3v) is 5.82. The maximum absolute atomic E-state index is 11.6. The molecule has 3 atom stereocenters. The SMILES string of the molecule is COC(OC)[C@@]1(C)Oc2ccc([N+](=O)[O-])cc2[C@@H](n2c(OC(=O)O)cc3ccccc32)[C@@H]1O. The van der Waals surface area contributed by atoms with E-state index in [1.54, 1.807) is 31.2 Å². The van der Waals surface area contributed by atoms with Crippen molar-refractivity contribution in [3.8, 4) is 11.6 Å². The van der Waals surface area contributed by atoms with Gasteiger partial charge in [-0.1, -0.05) is 18.2 Å². The van der Waals surface area contributed by atoms with Gasteiger partial charge in [0.15, 0.2) is 11.9 Å². The van der Waals surface area contributed by atoms with Crippen LogP contribution >= 0.6 is 0 Å². The first kappa shape index (κ1) is 22.5. The van der Waals surface area contributed by atoms with E-state index in [9.17, 15) is 25.1 Å². The molecule has 33 heavy (non-hydrogen) atoms. The molecule has 0 saturated carbocycles. The van der Waals surface area contributed by atoms with Crippen LogP contribution < -0.4 is 9.47 Å². The average molecular weight is 458 g/mol. The van der Waals surface area contributed by atoms with Crippen LogP contribution in [0.1, 0.15) is 18.5 Å². The van der Waals surface area contributed by atoms with Gasteiger partial charge in [-0.05, 0) is 19.1 Å². The van der Waals surface area contributed by atoms with Gasteiger partial charge >= 0.3 is 6.16 Å². The third kappa shape index (κ3) is 3.65. The number of non-ortho nitro benzene ring substituents is 1. The maximum Gasteiger partial charge on any atom is 0.512 e. The second-order valence-electron chi connectivity index (χ2n) is 7.74. The highest BCUT2D eigenvalue weighted by atomic mass is 16.7. The van der Waals surface area contributed by atoms with Crippen molar-refractivity contribution in [2.24, 2.45) is 0 Å². The van der Waals surface area contributed by atoms with E-state index in [4.69, 9.17) is 18.9 Å². The lowest BCUT2D eigenvalue weighted by Gasteiger charge is -2.47. The fourth-order valence-electron chi connectivity index (χ4n) is 4.39. The number of carbonyl (C=O) groups is 1. The number of aliphatic hydroxyl groups is 1. The lowest BCUT2D eigenvalue weighted by atomic mass is 9.84. The minimum atomic E-state index is -1.55. The number of para-hydroxylation sites is 1. The number of aliphatic hydroxyl groups excluding tert-OH is 1. The molecule has 0 saturated heterocycles. The topological polar surface area (TPSA) is 143 Å². The second-order valence-corrected chi connectivity index (χ2v) is 7.74. The highest BCUT2D eigenvalue weighted by Gasteiger charge is 2.53. The van der Waals surface area contributed by atoms with E-state index in [2.05, 4.69) is 0 Å². The summed E-state index contributed by atoms with van der Waals surface area (Å²) < 4.78 is 23.4. The molecule has 3 aromatic rings. The molecule has 1 aromatic heterocycles. The first-order chi connectivity index (χ1) is 15.7. The number of rotatable bonds is 6. The zero-order valence-corrected chi connectivity index (χ0v) is 18.0. The zero-order valence-electron chi connectivity index (χ0n) is 18.0. The third-order valence-electron chi connectivity index (χ3n) is 5.82. The summed E-state index contributed by atoms with van der Waals surface area (Å²) in [5, 5.41) is 33.0. The summed E-state index contributed by atoms with van der Waals surface area (Å²) in [4.78, 5) is 22.3. The Kier molecular flexibility index (Phi) is 5.70. The van der Waals surface area contributed by atoms with E-state index < -0.39 is 35.1 Å². The van der Waals surface area contributed by atoms with Gasteiger partial charge in [-0.15, -0.1) is 0 Å². The number of methoxy groups -OCH3 is 2. The van der Waals surface area contributed by atoms with Gasteiger partial charge in [-0.3, -0.25) is 10.1 Å². The Bertz CT molecular complexity index is 1220. The van der Waals surface area contributed by atoms with Crippen molar-refractivity contribution >= 4 is 22.7 Å². The van der Waals surface area contributed by atoms with Crippen molar-refractivity contribution in [1.82, 2.24) is 4.57 Å². The maximum atomic E-state index is 11.6. The number of nitro groups is 1. The molecule has 2 heterocycles. The Balaban J connectivity index is 2.03. The summed E-state index contributed by atoms with van der Waals surface area (Å²) in [6.45, 7) is 1.58. The largest absolute Gasteiger partial charge is 0.512 e. The minimum absolute atomic E-state index is 0.0687. The van der Waals surface area contributed by atoms with Crippen LogP contribution in [0.3, 0.4) is 0 Å². The predicted molar refractivity (Wildman–Crippen MR) is 115 cm³/mol. The minimum Gasteiger partial charge on any atom is -0.479 e. The van der Waals surface area contributed by atoms with Crippen LogP contribution in [0.15, 0.2) is 48.5 Å². The van der Waals surface area contributed by atoms with Crippen molar-refractivity contribution in [3.63, 3.8) is 0 Å². The molecule has 0 spiro atoms. The van der Waals surface area contributed by atoms with Crippen LogP contribution in [0, 0.1) is 10.1 Å². The molecule has 174 valence electrons. The Morgan fingerprint density at radius 3 is 2.55 bits per heavy atom. The summed E-state index contributed by atoms with van der Waals surface area (Å²) in [5.74, 6) is 0.178. The van der Waals surface area contributed by atoms with Gasteiger partial charge in [0.25, 0.3) is 5.69 Å². The summed E-state index contributed by atoms with van der Waals surface area (Å²) in [6.07, 6.45) is -3.97. The first-order valence-corrected chi connectivity index (χ1v) is 9.93. The van der Waals surface area contributed by atoms with Gasteiger partial charge in [0.05, 0.1) is 16.5 Å². The normalized spacial score (nSPS) is 22.1. The highest BCUT2D eigenvalue weighted by Crippen LogP contribution is 2.48.